The van der Waals surface area contributed by atoms with Crippen LogP contribution < -0.4 is 0 Å². The summed E-state index contributed by atoms with van der Waals surface area (Å²) in [7, 11) is 0. The molecule has 2 heterocycles. The molecule has 1 aliphatic heterocycles. The van der Waals surface area contributed by atoms with E-state index in [9.17, 15) is 9.90 Å². The van der Waals surface area contributed by atoms with E-state index in [1.165, 1.54) is 0 Å². The smallest absolute Gasteiger partial charge is 0.356 e. The molecule has 0 saturated carbocycles. The third kappa shape index (κ3) is 2.52. The average molecular weight is 366 g/mol. The van der Waals surface area contributed by atoms with Gasteiger partial charge in [0.2, 0.25) is 0 Å². The highest BCUT2D eigenvalue weighted by Crippen LogP contribution is 2.30. The van der Waals surface area contributed by atoms with Crippen molar-refractivity contribution in [2.45, 2.75) is 19.9 Å². The highest BCUT2D eigenvalue weighted by molar-refractivity contribution is 6.35. The molecule has 0 saturated heterocycles. The fourth-order valence-electron chi connectivity index (χ4n) is 3.34. The molecule has 0 unspecified atom stereocenters. The van der Waals surface area contributed by atoms with Gasteiger partial charge in [0.15, 0.2) is 5.69 Å². The standard InChI is InChI=1S/C20H16ClN3O2/c1-2-17-23-19(20(25)26)16-11-22-18(12-7-3-5-9-14(12)21)13-8-4-6-10-15(13)24(16)17/h3-10H,2,11H2,1H3,(H,25,26). The summed E-state index contributed by atoms with van der Waals surface area (Å²) in [6, 6.07) is 15.4. The molecule has 2 aromatic carbocycles. The largest absolute Gasteiger partial charge is 0.476 e. The van der Waals surface area contributed by atoms with E-state index >= 15 is 0 Å². The van der Waals surface area contributed by atoms with Gasteiger partial charge in [0.05, 0.1) is 23.6 Å². The van der Waals surface area contributed by atoms with Gasteiger partial charge in [0.25, 0.3) is 0 Å². The minimum absolute atomic E-state index is 0.0563. The van der Waals surface area contributed by atoms with Crippen LogP contribution in [0.25, 0.3) is 5.69 Å². The zero-order valence-corrected chi connectivity index (χ0v) is 14.9. The highest BCUT2D eigenvalue weighted by Gasteiger charge is 2.27. The van der Waals surface area contributed by atoms with E-state index < -0.39 is 5.97 Å². The molecule has 5 nitrogen and oxygen atoms in total. The Kier molecular flexibility index (Phi) is 4.09. The number of carboxylic acid groups (broad SMARTS) is 1. The molecule has 26 heavy (non-hydrogen) atoms. The molecule has 6 heteroatoms. The molecular formula is C20H16ClN3O2. The van der Waals surface area contributed by atoms with Crippen LogP contribution in [-0.4, -0.2) is 26.3 Å². The van der Waals surface area contributed by atoms with Crippen molar-refractivity contribution in [1.29, 1.82) is 0 Å². The summed E-state index contributed by atoms with van der Waals surface area (Å²) in [6.45, 7) is 2.19. The summed E-state index contributed by atoms with van der Waals surface area (Å²) in [5, 5.41) is 10.2. The molecule has 4 rings (SSSR count). The summed E-state index contributed by atoms with van der Waals surface area (Å²) < 4.78 is 1.92. The minimum Gasteiger partial charge on any atom is -0.476 e. The topological polar surface area (TPSA) is 67.5 Å². The molecule has 0 bridgehead atoms. The van der Waals surface area contributed by atoms with Crippen LogP contribution in [0.5, 0.6) is 0 Å². The quantitative estimate of drug-likeness (QED) is 0.758. The molecule has 1 N–H and O–H groups in total. The van der Waals surface area contributed by atoms with Gasteiger partial charge in [-0.15, -0.1) is 0 Å². The van der Waals surface area contributed by atoms with Crippen molar-refractivity contribution in [3.8, 4) is 5.69 Å². The molecule has 0 atom stereocenters. The maximum atomic E-state index is 11.7. The molecular weight excluding hydrogens is 350 g/mol. The number of hydrogen-bond donors (Lipinski definition) is 1. The first-order valence-corrected chi connectivity index (χ1v) is 8.72. The Balaban J connectivity index is 2.03. The van der Waals surface area contributed by atoms with Crippen molar-refractivity contribution in [3.05, 3.63) is 81.9 Å². The van der Waals surface area contributed by atoms with E-state index in [1.807, 2.05) is 60.0 Å². The number of aryl methyl sites for hydroxylation is 1. The monoisotopic (exact) mass is 365 g/mol. The van der Waals surface area contributed by atoms with Crippen LogP contribution in [0, 0.1) is 0 Å². The summed E-state index contributed by atoms with van der Waals surface area (Å²) in [4.78, 5) is 20.8. The number of halogens is 1. The van der Waals surface area contributed by atoms with Gasteiger partial charge < -0.3 is 5.11 Å². The second kappa shape index (κ2) is 6.42. The molecule has 0 fully saturated rings. The molecule has 1 aromatic heterocycles. The third-order valence-electron chi connectivity index (χ3n) is 4.48. The van der Waals surface area contributed by atoms with Crippen LogP contribution in [-0.2, 0) is 13.0 Å². The second-order valence-electron chi connectivity index (χ2n) is 5.98. The Morgan fingerprint density at radius 1 is 1.15 bits per heavy atom. The van der Waals surface area contributed by atoms with Crippen molar-refractivity contribution < 1.29 is 9.90 Å². The van der Waals surface area contributed by atoms with Gasteiger partial charge in [0.1, 0.15) is 5.82 Å². The van der Waals surface area contributed by atoms with Crippen molar-refractivity contribution in [3.63, 3.8) is 0 Å². The fourth-order valence-corrected chi connectivity index (χ4v) is 3.56. The zero-order chi connectivity index (χ0) is 18.3. The van der Waals surface area contributed by atoms with Gasteiger partial charge in [-0.05, 0) is 12.1 Å². The molecule has 0 radical (unpaired) electrons. The number of para-hydroxylation sites is 1. The second-order valence-corrected chi connectivity index (χ2v) is 6.39. The summed E-state index contributed by atoms with van der Waals surface area (Å²) in [5.41, 5.74) is 4.01. The van der Waals surface area contributed by atoms with Gasteiger partial charge in [-0.3, -0.25) is 9.56 Å². The first-order chi connectivity index (χ1) is 12.6. The first kappa shape index (κ1) is 16.5. The van der Waals surface area contributed by atoms with E-state index in [0.717, 1.165) is 22.5 Å². The van der Waals surface area contributed by atoms with Gasteiger partial charge in [-0.25, -0.2) is 9.78 Å². The lowest BCUT2D eigenvalue weighted by Crippen LogP contribution is -2.09. The number of aromatic nitrogens is 2. The summed E-state index contributed by atoms with van der Waals surface area (Å²) in [5.74, 6) is -0.331. The lowest BCUT2D eigenvalue weighted by atomic mass is 10.0. The number of aromatic carboxylic acids is 1. The van der Waals surface area contributed by atoms with Crippen LogP contribution in [0.4, 0.5) is 0 Å². The maximum Gasteiger partial charge on any atom is 0.356 e. The number of benzene rings is 2. The number of hydrogen-bond acceptors (Lipinski definition) is 3. The Morgan fingerprint density at radius 3 is 2.54 bits per heavy atom. The van der Waals surface area contributed by atoms with Crippen LogP contribution in [0.3, 0.4) is 0 Å². The van der Waals surface area contributed by atoms with Gasteiger partial charge >= 0.3 is 5.97 Å². The van der Waals surface area contributed by atoms with Crippen molar-refractivity contribution in [2.75, 3.05) is 0 Å². The molecule has 3 aromatic rings. The first-order valence-electron chi connectivity index (χ1n) is 8.34. The number of aliphatic imine (C=N–C) groups is 1. The number of carbonyl (C=O) groups is 1. The van der Waals surface area contributed by atoms with Gasteiger partial charge in [0, 0.05) is 22.6 Å². The molecule has 0 spiro atoms. The van der Waals surface area contributed by atoms with Crippen LogP contribution in [0.2, 0.25) is 5.02 Å². The van der Waals surface area contributed by atoms with E-state index in [1.54, 1.807) is 0 Å². The molecule has 130 valence electrons. The Labute approximate surface area is 155 Å². The fraction of sp³-hybridized carbons (Fsp3) is 0.150. The number of carboxylic acids is 1. The van der Waals surface area contributed by atoms with Crippen molar-refractivity contribution in [1.82, 2.24) is 9.55 Å². The van der Waals surface area contributed by atoms with Crippen LogP contribution >= 0.6 is 11.6 Å². The van der Waals surface area contributed by atoms with Gasteiger partial charge in [-0.2, -0.15) is 0 Å². The van der Waals surface area contributed by atoms with E-state index in [4.69, 9.17) is 16.6 Å². The van der Waals surface area contributed by atoms with Crippen molar-refractivity contribution in [2.24, 2.45) is 4.99 Å². The SMILES string of the molecule is CCc1nc(C(=O)O)c2n1-c1ccccc1C(c1ccccc1Cl)=NC2. The lowest BCUT2D eigenvalue weighted by molar-refractivity contribution is 0.0689. The number of rotatable bonds is 3. The third-order valence-corrected chi connectivity index (χ3v) is 4.81. The van der Waals surface area contributed by atoms with Gasteiger partial charge in [-0.1, -0.05) is 54.9 Å². The van der Waals surface area contributed by atoms with Crippen LogP contribution in [0.1, 0.15) is 40.1 Å². The predicted molar refractivity (Wildman–Crippen MR) is 101 cm³/mol. The average Bonchev–Trinajstić information content (AvgIpc) is 2.94. The Morgan fingerprint density at radius 2 is 1.85 bits per heavy atom. The Hall–Kier alpha value is -2.92. The Bertz CT molecular complexity index is 1050. The lowest BCUT2D eigenvalue weighted by Gasteiger charge is -2.14. The maximum absolute atomic E-state index is 11.7. The van der Waals surface area contributed by atoms with E-state index in [2.05, 4.69) is 4.98 Å². The highest BCUT2D eigenvalue weighted by atomic mass is 35.5. The number of imidazole rings is 1. The summed E-state index contributed by atoms with van der Waals surface area (Å²) in [6.07, 6.45) is 0.621. The summed E-state index contributed by atoms with van der Waals surface area (Å²) >= 11 is 6.41. The van der Waals surface area contributed by atoms with E-state index in [-0.39, 0.29) is 12.2 Å². The molecule has 0 amide bonds. The molecule has 0 aliphatic carbocycles. The molecule has 1 aliphatic rings. The number of nitrogens with zero attached hydrogens (tertiary/aromatic N) is 3. The van der Waals surface area contributed by atoms with E-state index in [0.29, 0.717) is 23.0 Å². The minimum atomic E-state index is -1.04. The normalized spacial score (nSPS) is 12.8. The van der Waals surface area contributed by atoms with Crippen LogP contribution in [0.15, 0.2) is 53.5 Å². The zero-order valence-electron chi connectivity index (χ0n) is 14.1. The van der Waals surface area contributed by atoms with Crippen molar-refractivity contribution >= 4 is 23.3 Å². The predicted octanol–water partition coefficient (Wildman–Crippen LogP) is 4.14. The number of fused-ring (bicyclic) bond motifs is 3.